The summed E-state index contributed by atoms with van der Waals surface area (Å²) in [6, 6.07) is 0. The second-order valence-corrected chi connectivity index (χ2v) is 5.14. The van der Waals surface area contributed by atoms with Crippen molar-refractivity contribution in [3.8, 4) is 0 Å². The Balaban J connectivity index is 2.82. The number of rotatable bonds is 2. The highest BCUT2D eigenvalue weighted by Crippen LogP contribution is 2.50. The Morgan fingerprint density at radius 2 is 1.92 bits per heavy atom. The average Bonchev–Trinajstić information content (AvgIpc) is 2.24. The van der Waals surface area contributed by atoms with Gasteiger partial charge in [-0.25, -0.2) is 0 Å². The molecule has 0 heterocycles. The Morgan fingerprint density at radius 1 is 1.38 bits per heavy atom. The minimum absolute atomic E-state index is 0.0278. The summed E-state index contributed by atoms with van der Waals surface area (Å²) in [5.74, 6) is 0.404. The Morgan fingerprint density at radius 3 is 2.15 bits per heavy atom. The van der Waals surface area contributed by atoms with E-state index in [1.165, 1.54) is 0 Å². The predicted octanol–water partition coefficient (Wildman–Crippen LogP) is 2.78. The maximum absolute atomic E-state index is 11.0. The van der Waals surface area contributed by atoms with E-state index in [0.29, 0.717) is 11.8 Å². The topological polar surface area (TPSA) is 37.3 Å². The number of carboxylic acids is 1. The molecular formula is C11H20O2. The number of hydrogen-bond acceptors (Lipinski definition) is 1. The van der Waals surface area contributed by atoms with E-state index >= 15 is 0 Å². The molecule has 0 spiro atoms. The van der Waals surface area contributed by atoms with Gasteiger partial charge in [-0.2, -0.15) is 0 Å². The molecular weight excluding hydrogens is 164 g/mol. The van der Waals surface area contributed by atoms with Crippen molar-refractivity contribution >= 4 is 5.97 Å². The van der Waals surface area contributed by atoms with E-state index in [4.69, 9.17) is 5.11 Å². The fourth-order valence-electron chi connectivity index (χ4n) is 2.98. The van der Waals surface area contributed by atoms with E-state index in [1.54, 1.807) is 0 Å². The molecule has 2 nitrogen and oxygen atoms in total. The Labute approximate surface area is 80.3 Å². The first-order chi connectivity index (χ1) is 5.87. The van der Waals surface area contributed by atoms with E-state index in [0.717, 1.165) is 12.8 Å². The first-order valence-corrected chi connectivity index (χ1v) is 5.10. The van der Waals surface area contributed by atoms with Crippen LogP contribution in [0.3, 0.4) is 0 Å². The van der Waals surface area contributed by atoms with Crippen LogP contribution in [0.2, 0.25) is 0 Å². The lowest BCUT2D eigenvalue weighted by molar-refractivity contribution is -0.145. The summed E-state index contributed by atoms with van der Waals surface area (Å²) in [7, 11) is 0. The molecule has 0 aromatic heterocycles. The molecule has 0 aromatic rings. The summed E-state index contributed by atoms with van der Waals surface area (Å²) >= 11 is 0. The third-order valence-corrected chi connectivity index (χ3v) is 3.72. The maximum Gasteiger partial charge on any atom is 0.307 e. The van der Waals surface area contributed by atoms with Gasteiger partial charge in [0, 0.05) is 0 Å². The number of carboxylic acid groups (broad SMARTS) is 1. The van der Waals surface area contributed by atoms with Gasteiger partial charge in [0.05, 0.1) is 5.92 Å². The molecule has 0 radical (unpaired) electrons. The van der Waals surface area contributed by atoms with Crippen LogP contribution in [0.15, 0.2) is 0 Å². The van der Waals surface area contributed by atoms with Crippen LogP contribution in [0.5, 0.6) is 0 Å². The highest BCUT2D eigenvalue weighted by atomic mass is 16.4. The SMILES string of the molecule is CC(C)C1CCC(C(=O)O)C1(C)C. The molecule has 0 aliphatic heterocycles. The van der Waals surface area contributed by atoms with Gasteiger partial charge in [-0.15, -0.1) is 0 Å². The zero-order valence-corrected chi connectivity index (χ0v) is 9.00. The number of hydrogen-bond donors (Lipinski definition) is 1. The lowest BCUT2D eigenvalue weighted by Crippen LogP contribution is -2.32. The standard InChI is InChI=1S/C11H20O2/c1-7(2)8-5-6-9(10(12)13)11(8,3)4/h7-9H,5-6H2,1-4H3,(H,12,13). The van der Waals surface area contributed by atoms with Gasteiger partial charge in [0.25, 0.3) is 0 Å². The van der Waals surface area contributed by atoms with Gasteiger partial charge in [-0.1, -0.05) is 27.7 Å². The minimum atomic E-state index is -0.617. The Bertz CT molecular complexity index is 206. The molecule has 1 saturated carbocycles. The van der Waals surface area contributed by atoms with Crippen molar-refractivity contribution in [1.29, 1.82) is 0 Å². The van der Waals surface area contributed by atoms with Crippen molar-refractivity contribution in [2.24, 2.45) is 23.2 Å². The van der Waals surface area contributed by atoms with Gasteiger partial charge >= 0.3 is 5.97 Å². The van der Waals surface area contributed by atoms with Crippen LogP contribution in [-0.4, -0.2) is 11.1 Å². The third-order valence-electron chi connectivity index (χ3n) is 3.72. The molecule has 1 fully saturated rings. The fourth-order valence-corrected chi connectivity index (χ4v) is 2.98. The molecule has 0 amide bonds. The fraction of sp³-hybridized carbons (Fsp3) is 0.909. The molecule has 1 aliphatic rings. The number of aliphatic carboxylic acids is 1. The molecule has 1 aliphatic carbocycles. The van der Waals surface area contributed by atoms with Gasteiger partial charge in [-0.05, 0) is 30.1 Å². The van der Waals surface area contributed by atoms with E-state index < -0.39 is 5.97 Å². The van der Waals surface area contributed by atoms with Gasteiger partial charge in [0.15, 0.2) is 0 Å². The molecule has 76 valence electrons. The molecule has 1 rings (SSSR count). The molecule has 0 bridgehead atoms. The summed E-state index contributed by atoms with van der Waals surface area (Å²) in [5.41, 5.74) is -0.0278. The minimum Gasteiger partial charge on any atom is -0.481 e. The van der Waals surface area contributed by atoms with E-state index in [2.05, 4.69) is 27.7 Å². The van der Waals surface area contributed by atoms with Crippen molar-refractivity contribution in [3.05, 3.63) is 0 Å². The van der Waals surface area contributed by atoms with Gasteiger partial charge in [0.2, 0.25) is 0 Å². The summed E-state index contributed by atoms with van der Waals surface area (Å²) in [6.07, 6.45) is 1.92. The van der Waals surface area contributed by atoms with Crippen molar-refractivity contribution in [1.82, 2.24) is 0 Å². The van der Waals surface area contributed by atoms with Gasteiger partial charge in [-0.3, -0.25) is 4.79 Å². The summed E-state index contributed by atoms with van der Waals surface area (Å²) in [4.78, 5) is 11.0. The smallest absolute Gasteiger partial charge is 0.307 e. The van der Waals surface area contributed by atoms with E-state index in [9.17, 15) is 4.79 Å². The maximum atomic E-state index is 11.0. The lowest BCUT2D eigenvalue weighted by atomic mass is 9.71. The third kappa shape index (κ3) is 1.72. The first-order valence-electron chi connectivity index (χ1n) is 5.10. The van der Waals surface area contributed by atoms with Crippen LogP contribution in [0.1, 0.15) is 40.5 Å². The second-order valence-electron chi connectivity index (χ2n) is 5.14. The second kappa shape index (κ2) is 3.32. The Kier molecular flexibility index (Phi) is 2.69. The average molecular weight is 184 g/mol. The summed E-state index contributed by atoms with van der Waals surface area (Å²) in [5, 5.41) is 9.05. The quantitative estimate of drug-likeness (QED) is 0.716. The van der Waals surface area contributed by atoms with Crippen molar-refractivity contribution < 1.29 is 9.90 Å². The molecule has 2 heteroatoms. The van der Waals surface area contributed by atoms with Crippen LogP contribution in [0, 0.1) is 23.2 Å². The molecule has 2 atom stereocenters. The van der Waals surface area contributed by atoms with Crippen molar-refractivity contribution in [3.63, 3.8) is 0 Å². The summed E-state index contributed by atoms with van der Waals surface area (Å²) in [6.45, 7) is 8.58. The molecule has 0 aromatic carbocycles. The van der Waals surface area contributed by atoms with Crippen LogP contribution < -0.4 is 0 Å². The zero-order chi connectivity index (χ0) is 10.2. The highest BCUT2D eigenvalue weighted by molar-refractivity contribution is 5.71. The van der Waals surface area contributed by atoms with E-state index in [-0.39, 0.29) is 11.3 Å². The highest BCUT2D eigenvalue weighted by Gasteiger charge is 2.47. The van der Waals surface area contributed by atoms with Crippen molar-refractivity contribution in [2.75, 3.05) is 0 Å². The van der Waals surface area contributed by atoms with Crippen LogP contribution in [0.25, 0.3) is 0 Å². The molecule has 0 saturated heterocycles. The molecule has 2 unspecified atom stereocenters. The summed E-state index contributed by atoms with van der Waals surface area (Å²) < 4.78 is 0. The normalized spacial score (nSPS) is 32.4. The zero-order valence-electron chi connectivity index (χ0n) is 9.00. The van der Waals surface area contributed by atoms with Gasteiger partial charge in [0.1, 0.15) is 0 Å². The first kappa shape index (κ1) is 10.6. The van der Waals surface area contributed by atoms with Crippen LogP contribution >= 0.6 is 0 Å². The van der Waals surface area contributed by atoms with Crippen LogP contribution in [-0.2, 0) is 4.79 Å². The molecule has 1 N–H and O–H groups in total. The van der Waals surface area contributed by atoms with Gasteiger partial charge < -0.3 is 5.11 Å². The largest absolute Gasteiger partial charge is 0.481 e. The predicted molar refractivity (Wildman–Crippen MR) is 52.5 cm³/mol. The van der Waals surface area contributed by atoms with E-state index in [1.807, 2.05) is 0 Å². The lowest BCUT2D eigenvalue weighted by Gasteiger charge is -2.33. The van der Waals surface area contributed by atoms with Crippen molar-refractivity contribution in [2.45, 2.75) is 40.5 Å². The monoisotopic (exact) mass is 184 g/mol. The Hall–Kier alpha value is -0.530. The molecule has 13 heavy (non-hydrogen) atoms. The number of carbonyl (C=O) groups is 1. The van der Waals surface area contributed by atoms with Crippen LogP contribution in [0.4, 0.5) is 0 Å².